The zero-order valence-electron chi connectivity index (χ0n) is 11.3. The number of nitrogens with zero attached hydrogens (tertiary/aromatic N) is 1. The number of carbonyl (C=O) groups is 1. The molecule has 0 radical (unpaired) electrons. The van der Waals surface area contributed by atoms with Crippen LogP contribution in [0.4, 0.5) is 0 Å². The molecule has 0 amide bonds. The number of halogens is 1. The predicted octanol–water partition coefficient (Wildman–Crippen LogP) is 3.58. The van der Waals surface area contributed by atoms with Crippen molar-refractivity contribution >= 4 is 21.7 Å². The number of benzene rings is 1. The minimum absolute atomic E-state index is 0.0172. The van der Waals surface area contributed by atoms with E-state index in [9.17, 15) is 9.59 Å². The van der Waals surface area contributed by atoms with Crippen molar-refractivity contribution in [2.75, 3.05) is 0 Å². The fraction of sp³-hybridized carbons (Fsp3) is 0.250. The molecule has 0 aliphatic carbocycles. The molecule has 0 aliphatic heterocycles. The van der Waals surface area contributed by atoms with E-state index < -0.39 is 0 Å². The Bertz CT molecular complexity index is 659. The number of rotatable bonds is 5. The van der Waals surface area contributed by atoms with E-state index in [2.05, 4.69) is 15.9 Å². The van der Waals surface area contributed by atoms with Gasteiger partial charge in [0.15, 0.2) is 5.78 Å². The average molecular weight is 334 g/mol. The normalized spacial score (nSPS) is 10.5. The molecule has 2 aromatic rings. The Labute approximate surface area is 126 Å². The molecule has 0 saturated carbocycles. The molecule has 1 heterocycles. The van der Waals surface area contributed by atoms with E-state index in [0.29, 0.717) is 24.9 Å². The highest BCUT2D eigenvalue weighted by atomic mass is 79.9. The quantitative estimate of drug-likeness (QED) is 0.784. The van der Waals surface area contributed by atoms with Gasteiger partial charge in [-0.25, -0.2) is 0 Å². The molecule has 1 aromatic heterocycles. The van der Waals surface area contributed by atoms with E-state index >= 15 is 0 Å². The Hall–Kier alpha value is -1.68. The lowest BCUT2D eigenvalue weighted by molar-refractivity contribution is 0.0978. The van der Waals surface area contributed by atoms with Crippen LogP contribution >= 0.6 is 15.9 Å². The number of pyridine rings is 1. The lowest BCUT2D eigenvalue weighted by Crippen LogP contribution is -2.21. The average Bonchev–Trinajstić information content (AvgIpc) is 2.44. The van der Waals surface area contributed by atoms with Gasteiger partial charge in [-0.1, -0.05) is 34.1 Å². The third-order valence-electron chi connectivity index (χ3n) is 3.18. The van der Waals surface area contributed by atoms with Crippen molar-refractivity contribution < 1.29 is 4.79 Å². The van der Waals surface area contributed by atoms with Crippen molar-refractivity contribution in [3.8, 4) is 0 Å². The van der Waals surface area contributed by atoms with Gasteiger partial charge in [0.2, 0.25) is 0 Å². The van der Waals surface area contributed by atoms with E-state index in [1.165, 1.54) is 0 Å². The number of hydrogen-bond acceptors (Lipinski definition) is 2. The van der Waals surface area contributed by atoms with Crippen LogP contribution in [0.1, 0.15) is 28.8 Å². The second-order valence-electron chi connectivity index (χ2n) is 4.72. The van der Waals surface area contributed by atoms with E-state index in [1.54, 1.807) is 23.8 Å². The van der Waals surface area contributed by atoms with E-state index in [-0.39, 0.29) is 11.3 Å². The SMILES string of the molecule is Cc1cccn(CCCC(=O)c2ccc(Br)cc2)c1=O. The number of carbonyl (C=O) groups excluding carboxylic acids is 1. The Morgan fingerprint density at radius 1 is 1.20 bits per heavy atom. The van der Waals surface area contributed by atoms with Gasteiger partial charge in [0.1, 0.15) is 0 Å². The summed E-state index contributed by atoms with van der Waals surface area (Å²) in [7, 11) is 0. The zero-order valence-corrected chi connectivity index (χ0v) is 12.9. The standard InChI is InChI=1S/C16H16BrNO2/c1-12-4-2-10-18(16(12)20)11-3-5-15(19)13-6-8-14(17)9-7-13/h2,4,6-10H,3,5,11H2,1H3. The van der Waals surface area contributed by atoms with Gasteiger partial charge in [0.05, 0.1) is 0 Å². The number of hydrogen-bond donors (Lipinski definition) is 0. The molecule has 1 aromatic carbocycles. The Morgan fingerprint density at radius 2 is 1.90 bits per heavy atom. The molecular weight excluding hydrogens is 318 g/mol. The number of aromatic nitrogens is 1. The van der Waals surface area contributed by atoms with Crippen molar-refractivity contribution in [2.24, 2.45) is 0 Å². The molecule has 0 unspecified atom stereocenters. The lowest BCUT2D eigenvalue weighted by Gasteiger charge is -2.06. The number of Topliss-reactive ketones (excluding diaryl/α,β-unsaturated/α-hetero) is 1. The van der Waals surface area contributed by atoms with Gasteiger partial charge in [-0.2, -0.15) is 0 Å². The second-order valence-corrected chi connectivity index (χ2v) is 5.64. The number of aryl methyl sites for hydroxylation is 2. The first kappa shape index (κ1) is 14.7. The molecule has 3 nitrogen and oxygen atoms in total. The maximum Gasteiger partial charge on any atom is 0.253 e. The summed E-state index contributed by atoms with van der Waals surface area (Å²) in [5.74, 6) is 0.109. The molecule has 0 aliphatic rings. The fourth-order valence-electron chi connectivity index (χ4n) is 2.02. The maximum atomic E-state index is 12.0. The van der Waals surface area contributed by atoms with E-state index in [1.807, 2.05) is 30.3 Å². The molecule has 0 spiro atoms. The van der Waals surface area contributed by atoms with Crippen molar-refractivity contribution in [1.29, 1.82) is 0 Å². The van der Waals surface area contributed by atoms with Gasteiger partial charge >= 0.3 is 0 Å². The highest BCUT2D eigenvalue weighted by Gasteiger charge is 2.06. The first-order valence-corrected chi connectivity index (χ1v) is 7.32. The third-order valence-corrected chi connectivity index (χ3v) is 3.71. The van der Waals surface area contributed by atoms with Gasteiger partial charge < -0.3 is 4.57 Å². The highest BCUT2D eigenvalue weighted by Crippen LogP contribution is 2.12. The van der Waals surface area contributed by atoms with Crippen LogP contribution < -0.4 is 5.56 Å². The Kier molecular flexibility index (Phi) is 4.90. The van der Waals surface area contributed by atoms with Gasteiger partial charge in [-0.05, 0) is 31.5 Å². The molecular formula is C16H16BrNO2. The summed E-state index contributed by atoms with van der Waals surface area (Å²) in [6.07, 6.45) is 2.87. The molecule has 4 heteroatoms. The van der Waals surface area contributed by atoms with Crippen LogP contribution in [0.2, 0.25) is 0 Å². The van der Waals surface area contributed by atoms with E-state index in [4.69, 9.17) is 0 Å². The maximum absolute atomic E-state index is 12.0. The van der Waals surface area contributed by atoms with Crippen LogP contribution in [0.25, 0.3) is 0 Å². The second kappa shape index (κ2) is 6.66. The molecule has 0 N–H and O–H groups in total. The highest BCUT2D eigenvalue weighted by molar-refractivity contribution is 9.10. The molecule has 2 rings (SSSR count). The first-order valence-electron chi connectivity index (χ1n) is 6.53. The summed E-state index contributed by atoms with van der Waals surface area (Å²) >= 11 is 3.34. The van der Waals surface area contributed by atoms with Gasteiger partial charge in [0.25, 0.3) is 5.56 Å². The molecule has 0 saturated heterocycles. The molecule has 0 bridgehead atoms. The lowest BCUT2D eigenvalue weighted by atomic mass is 10.1. The third kappa shape index (κ3) is 3.67. The van der Waals surface area contributed by atoms with Crippen LogP contribution in [0.15, 0.2) is 51.9 Å². The van der Waals surface area contributed by atoms with E-state index in [0.717, 1.165) is 10.0 Å². The summed E-state index contributed by atoms with van der Waals surface area (Å²) in [6.45, 7) is 2.37. The topological polar surface area (TPSA) is 39.1 Å². The zero-order chi connectivity index (χ0) is 14.5. The smallest absolute Gasteiger partial charge is 0.253 e. The molecule has 0 atom stereocenters. The predicted molar refractivity (Wildman–Crippen MR) is 83.1 cm³/mol. The summed E-state index contributed by atoms with van der Waals surface area (Å²) in [6, 6.07) is 11.0. The largest absolute Gasteiger partial charge is 0.315 e. The molecule has 104 valence electrons. The van der Waals surface area contributed by atoms with Crippen molar-refractivity contribution in [2.45, 2.75) is 26.3 Å². The van der Waals surface area contributed by atoms with Crippen LogP contribution in [0.3, 0.4) is 0 Å². The summed E-state index contributed by atoms with van der Waals surface area (Å²) in [5, 5.41) is 0. The van der Waals surface area contributed by atoms with Crippen molar-refractivity contribution in [3.63, 3.8) is 0 Å². The Morgan fingerprint density at radius 3 is 2.60 bits per heavy atom. The minimum Gasteiger partial charge on any atom is -0.315 e. The van der Waals surface area contributed by atoms with Crippen LogP contribution in [0, 0.1) is 6.92 Å². The summed E-state index contributed by atoms with van der Waals surface area (Å²) in [4.78, 5) is 23.8. The number of ketones is 1. The Balaban J connectivity index is 1.93. The van der Waals surface area contributed by atoms with Crippen molar-refractivity contribution in [3.05, 3.63) is 68.5 Å². The van der Waals surface area contributed by atoms with Crippen LogP contribution in [-0.2, 0) is 6.54 Å². The molecule has 0 fully saturated rings. The molecule has 20 heavy (non-hydrogen) atoms. The monoisotopic (exact) mass is 333 g/mol. The van der Waals surface area contributed by atoms with Crippen molar-refractivity contribution in [1.82, 2.24) is 4.57 Å². The van der Waals surface area contributed by atoms with Gasteiger partial charge in [0, 0.05) is 34.8 Å². The fourth-order valence-corrected chi connectivity index (χ4v) is 2.29. The minimum atomic E-state index is 0.0172. The van der Waals surface area contributed by atoms with Crippen LogP contribution in [-0.4, -0.2) is 10.4 Å². The van der Waals surface area contributed by atoms with Gasteiger partial charge in [-0.3, -0.25) is 9.59 Å². The summed E-state index contributed by atoms with van der Waals surface area (Å²) < 4.78 is 2.62. The van der Waals surface area contributed by atoms with Gasteiger partial charge in [-0.15, -0.1) is 0 Å². The first-order chi connectivity index (χ1) is 9.58. The summed E-state index contributed by atoms with van der Waals surface area (Å²) in [5.41, 5.74) is 1.46. The van der Waals surface area contributed by atoms with Crippen LogP contribution in [0.5, 0.6) is 0 Å².